The van der Waals surface area contributed by atoms with Crippen molar-refractivity contribution in [2.75, 3.05) is 20.3 Å². The molecule has 1 aliphatic heterocycles. The normalized spacial score (nSPS) is 18.5. The Balaban J connectivity index is 1.26. The lowest BCUT2D eigenvalue weighted by Gasteiger charge is -2.37. The highest BCUT2D eigenvalue weighted by Gasteiger charge is 2.52. The molecule has 1 aliphatic rings. The minimum atomic E-state index is -5.29. The lowest BCUT2D eigenvalue weighted by atomic mass is 9.80. The zero-order valence-corrected chi connectivity index (χ0v) is 33.4. The van der Waals surface area contributed by atoms with E-state index in [0.717, 1.165) is 22.1 Å². The number of nitrogens with two attached hydrogens (primary N) is 1. The molecular weight excluding hydrogens is 809 g/mol. The van der Waals surface area contributed by atoms with Gasteiger partial charge in [-0.05, 0) is 52.9 Å². The first-order chi connectivity index (χ1) is 29.5. The van der Waals surface area contributed by atoms with Crippen LogP contribution in [0.1, 0.15) is 49.5 Å². The number of primary amides is 1. The lowest BCUT2D eigenvalue weighted by Crippen LogP contribution is -2.42. The Bertz CT molecular complexity index is 2440. The maximum atomic E-state index is 13.8. The molecule has 17 nitrogen and oxygen atoms in total. The molecule has 5 atom stereocenters. The number of phosphoric acid groups is 1. The van der Waals surface area contributed by atoms with Crippen LogP contribution < -0.4 is 15.4 Å². The van der Waals surface area contributed by atoms with Gasteiger partial charge in [0.1, 0.15) is 23.8 Å². The Morgan fingerprint density at radius 1 is 0.852 bits per heavy atom. The molecule has 1 saturated heterocycles. The summed E-state index contributed by atoms with van der Waals surface area (Å²) in [5.74, 6) is -1.61. The summed E-state index contributed by atoms with van der Waals surface area (Å²) in [7, 11) is -3.73. The summed E-state index contributed by atoms with van der Waals surface area (Å²) in [4.78, 5) is 54.1. The first-order valence-corrected chi connectivity index (χ1v) is 20.3. The molecule has 314 valence electrons. The van der Waals surface area contributed by atoms with Gasteiger partial charge in [-0.15, -0.1) is 5.10 Å². The van der Waals surface area contributed by atoms with Crippen molar-refractivity contribution < 1.29 is 52.0 Å². The van der Waals surface area contributed by atoms with Crippen molar-refractivity contribution in [2.24, 2.45) is 5.73 Å². The third kappa shape index (κ3) is 9.74. The number of hydrogen-bond acceptors (Lipinski definition) is 14. The van der Waals surface area contributed by atoms with E-state index in [1.165, 1.54) is 36.4 Å². The highest BCUT2D eigenvalue weighted by Crippen LogP contribution is 2.48. The van der Waals surface area contributed by atoms with Crippen molar-refractivity contribution in [1.82, 2.24) is 14.8 Å². The van der Waals surface area contributed by atoms with Crippen LogP contribution in [0.3, 0.4) is 0 Å². The van der Waals surface area contributed by atoms with E-state index in [0.29, 0.717) is 16.9 Å². The van der Waals surface area contributed by atoms with Crippen molar-refractivity contribution in [3.63, 3.8) is 0 Å². The van der Waals surface area contributed by atoms with E-state index in [4.69, 9.17) is 33.7 Å². The van der Waals surface area contributed by atoms with E-state index in [9.17, 15) is 29.2 Å². The summed E-state index contributed by atoms with van der Waals surface area (Å²) in [6.45, 7) is -0.758. The Hall–Kier alpha value is -6.59. The van der Waals surface area contributed by atoms with Crippen LogP contribution in [0.15, 0.2) is 146 Å². The Morgan fingerprint density at radius 3 is 2.00 bits per heavy atom. The van der Waals surface area contributed by atoms with Crippen molar-refractivity contribution in [1.29, 1.82) is 0 Å². The van der Waals surface area contributed by atoms with Crippen molar-refractivity contribution in [2.45, 2.75) is 36.6 Å². The number of non-ortho nitro benzene ring substituents is 1. The molecule has 1 aromatic heterocycles. The molecule has 1 amide bonds. The monoisotopic (exact) mass is 848 g/mol. The van der Waals surface area contributed by atoms with Crippen molar-refractivity contribution in [3.8, 4) is 5.75 Å². The van der Waals surface area contributed by atoms with Gasteiger partial charge in [-0.1, -0.05) is 103 Å². The van der Waals surface area contributed by atoms with Gasteiger partial charge in [-0.25, -0.2) is 14.5 Å². The Labute approximate surface area is 349 Å². The van der Waals surface area contributed by atoms with Crippen LogP contribution >= 0.6 is 7.82 Å². The number of carbonyl (C=O) groups is 2. The topological polar surface area (TPSA) is 230 Å². The molecule has 6 aromatic rings. The minimum Gasteiger partial charge on any atom is -0.756 e. The predicted molar refractivity (Wildman–Crippen MR) is 215 cm³/mol. The number of amides is 1. The van der Waals surface area contributed by atoms with Crippen molar-refractivity contribution in [3.05, 3.63) is 190 Å². The second-order valence-corrected chi connectivity index (χ2v) is 15.1. The number of nitro benzene ring substituents is 1. The SMILES string of the molecule is COc1ccc(C(OC[C@H]2O[C@@H](n3cnc(C(N)=O)n3)[C@H](OP(=O)([O-])OCCc3ccc([N+](=O)[O-])cc3)[C@@H]2OC(=O)c2ccccc2)(c2ccccc2)c2ccccc2)cc1. The number of esters is 1. The maximum absolute atomic E-state index is 13.8. The molecule has 1 fully saturated rings. The van der Waals surface area contributed by atoms with Gasteiger partial charge in [-0.3, -0.25) is 19.5 Å². The number of rotatable bonds is 18. The summed E-state index contributed by atoms with van der Waals surface area (Å²) >= 11 is 0. The van der Waals surface area contributed by atoms with E-state index in [1.54, 1.807) is 37.4 Å². The standard InChI is InChI=1S/C43H40N5O12P/c1-55-35-23-19-33(20-24-35)43(31-13-7-3-8-14-31,32-15-9-4-10-16-32)56-27-36-37(59-42(50)30-11-5-2-6-12-30)38(41(58-36)47-28-45-40(46-47)39(44)49)60-61(53,54)57-26-25-29-17-21-34(22-18-29)48(51)52/h2-24,28,36-38,41H,25-27H2,1H3,(H2,44,49)(H,53,54)/p-1/t36-,37-,38-,41-/m1/s1. The molecule has 61 heavy (non-hydrogen) atoms. The molecule has 0 spiro atoms. The summed E-state index contributed by atoms with van der Waals surface area (Å²) < 4.78 is 50.8. The average molecular weight is 849 g/mol. The summed E-state index contributed by atoms with van der Waals surface area (Å²) in [5.41, 5.74) is 6.83. The van der Waals surface area contributed by atoms with E-state index in [1.807, 2.05) is 72.8 Å². The van der Waals surface area contributed by atoms with Gasteiger partial charge in [0.05, 0.1) is 30.8 Å². The van der Waals surface area contributed by atoms with Gasteiger partial charge in [-0.2, -0.15) is 0 Å². The number of phosphoric ester groups is 1. The molecule has 2 heterocycles. The zero-order valence-electron chi connectivity index (χ0n) is 32.5. The number of nitrogens with zero attached hydrogens (tertiary/aromatic N) is 4. The Kier molecular flexibility index (Phi) is 13.1. The quantitative estimate of drug-likeness (QED) is 0.0368. The number of ether oxygens (including phenoxy) is 4. The summed E-state index contributed by atoms with van der Waals surface area (Å²) in [6.07, 6.45) is -4.87. The van der Waals surface area contributed by atoms with Crippen LogP contribution in [0.5, 0.6) is 5.75 Å². The first kappa shape index (κ1) is 42.5. The number of hydrogen-bond donors (Lipinski definition) is 1. The highest BCUT2D eigenvalue weighted by atomic mass is 31.2. The highest BCUT2D eigenvalue weighted by molar-refractivity contribution is 7.45. The van der Waals surface area contributed by atoms with Gasteiger partial charge in [0.25, 0.3) is 19.4 Å². The Morgan fingerprint density at radius 2 is 1.44 bits per heavy atom. The fourth-order valence-corrected chi connectivity index (χ4v) is 7.85. The molecule has 5 aromatic carbocycles. The summed E-state index contributed by atoms with van der Waals surface area (Å²) in [5, 5.41) is 15.2. The van der Waals surface area contributed by atoms with E-state index < -0.39 is 67.2 Å². The number of aromatic nitrogens is 3. The van der Waals surface area contributed by atoms with Gasteiger partial charge in [0, 0.05) is 12.1 Å². The van der Waals surface area contributed by atoms with Gasteiger partial charge >= 0.3 is 5.97 Å². The minimum absolute atomic E-state index is 0.0402. The first-order valence-electron chi connectivity index (χ1n) is 18.9. The predicted octanol–water partition coefficient (Wildman–Crippen LogP) is 5.54. The van der Waals surface area contributed by atoms with Crippen LogP contribution in [-0.4, -0.2) is 70.2 Å². The number of nitro groups is 1. The molecular formula is C43H39N5O12P-. The molecule has 0 aliphatic carbocycles. The van der Waals surface area contributed by atoms with Gasteiger partial charge < -0.3 is 38.6 Å². The largest absolute Gasteiger partial charge is 0.756 e. The average Bonchev–Trinajstić information content (AvgIpc) is 3.90. The number of methoxy groups -OCH3 is 1. The van der Waals surface area contributed by atoms with E-state index in [-0.39, 0.29) is 24.3 Å². The third-order valence-corrected chi connectivity index (χ3v) is 10.9. The zero-order chi connectivity index (χ0) is 43.0. The third-order valence-electron chi connectivity index (χ3n) is 9.89. The molecule has 18 heteroatoms. The van der Waals surface area contributed by atoms with Crippen LogP contribution in [0.2, 0.25) is 0 Å². The smallest absolute Gasteiger partial charge is 0.338 e. The molecule has 7 rings (SSSR count). The summed E-state index contributed by atoms with van der Waals surface area (Å²) in [6, 6.07) is 39.6. The second kappa shape index (κ2) is 18.8. The second-order valence-electron chi connectivity index (χ2n) is 13.7. The van der Waals surface area contributed by atoms with E-state index >= 15 is 0 Å². The molecule has 0 bridgehead atoms. The molecule has 0 radical (unpaired) electrons. The lowest BCUT2D eigenvalue weighted by molar-refractivity contribution is -0.384. The fraction of sp³-hybridized carbons (Fsp3) is 0.209. The van der Waals surface area contributed by atoms with E-state index in [2.05, 4.69) is 10.1 Å². The van der Waals surface area contributed by atoms with Crippen LogP contribution in [0, 0.1) is 10.1 Å². The van der Waals surface area contributed by atoms with Gasteiger partial charge in [0.2, 0.25) is 5.82 Å². The fourth-order valence-electron chi connectivity index (χ4n) is 6.95. The van der Waals surface area contributed by atoms with Crippen LogP contribution in [0.4, 0.5) is 5.69 Å². The molecule has 1 unspecified atom stereocenters. The molecule has 2 N–H and O–H groups in total. The van der Waals surface area contributed by atoms with Crippen LogP contribution in [-0.2, 0) is 39.8 Å². The van der Waals surface area contributed by atoms with Gasteiger partial charge in [0.15, 0.2) is 18.4 Å². The number of benzene rings is 5. The van der Waals surface area contributed by atoms with Crippen molar-refractivity contribution >= 4 is 25.4 Å². The van der Waals surface area contributed by atoms with Crippen LogP contribution in [0.25, 0.3) is 0 Å². The molecule has 0 saturated carbocycles. The number of carbonyl (C=O) groups excluding carboxylic acids is 2. The maximum Gasteiger partial charge on any atom is 0.338 e.